The SMILES string of the molecule is CCOC(=O)c1cccc(Nc2ncnc(Sc3cccc4cccnc34)c2N)c1. The van der Waals surface area contributed by atoms with Gasteiger partial charge in [-0.15, -0.1) is 0 Å². The van der Waals surface area contributed by atoms with Gasteiger partial charge in [0.2, 0.25) is 0 Å². The van der Waals surface area contributed by atoms with Gasteiger partial charge in [-0.1, -0.05) is 36.0 Å². The smallest absolute Gasteiger partial charge is 0.338 e. The number of anilines is 3. The molecule has 0 bridgehead atoms. The van der Waals surface area contributed by atoms with Gasteiger partial charge in [-0.25, -0.2) is 14.8 Å². The molecule has 0 atom stereocenters. The van der Waals surface area contributed by atoms with E-state index in [9.17, 15) is 4.79 Å². The minimum atomic E-state index is -0.378. The molecule has 0 saturated heterocycles. The van der Waals surface area contributed by atoms with Crippen LogP contribution in [-0.2, 0) is 4.74 Å². The molecule has 0 aliphatic carbocycles. The highest BCUT2D eigenvalue weighted by Gasteiger charge is 2.13. The molecule has 0 spiro atoms. The van der Waals surface area contributed by atoms with E-state index in [4.69, 9.17) is 10.5 Å². The van der Waals surface area contributed by atoms with Gasteiger partial charge in [0.15, 0.2) is 5.82 Å². The lowest BCUT2D eigenvalue weighted by atomic mass is 10.2. The number of nitrogens with two attached hydrogens (primary N) is 1. The maximum atomic E-state index is 12.0. The lowest BCUT2D eigenvalue weighted by Crippen LogP contribution is -2.06. The van der Waals surface area contributed by atoms with E-state index in [1.54, 1.807) is 31.3 Å². The monoisotopic (exact) mass is 417 g/mol. The molecule has 0 radical (unpaired) electrons. The van der Waals surface area contributed by atoms with Gasteiger partial charge < -0.3 is 15.8 Å². The molecule has 7 nitrogen and oxygen atoms in total. The number of pyridine rings is 1. The number of esters is 1. The van der Waals surface area contributed by atoms with Crippen LogP contribution in [-0.4, -0.2) is 27.5 Å². The number of fused-ring (bicyclic) bond motifs is 1. The van der Waals surface area contributed by atoms with Crippen molar-refractivity contribution < 1.29 is 9.53 Å². The Morgan fingerprint density at radius 2 is 1.93 bits per heavy atom. The zero-order valence-electron chi connectivity index (χ0n) is 16.2. The highest BCUT2D eigenvalue weighted by Crippen LogP contribution is 2.36. The third kappa shape index (κ3) is 4.18. The van der Waals surface area contributed by atoms with Crippen molar-refractivity contribution in [1.82, 2.24) is 15.0 Å². The van der Waals surface area contributed by atoms with Crippen molar-refractivity contribution in [2.24, 2.45) is 0 Å². The molecule has 0 unspecified atom stereocenters. The number of hydrogen-bond donors (Lipinski definition) is 2. The maximum absolute atomic E-state index is 12.0. The number of hydrogen-bond acceptors (Lipinski definition) is 8. The second-order valence-corrected chi connectivity index (χ2v) is 7.33. The van der Waals surface area contributed by atoms with Crippen molar-refractivity contribution in [3.05, 3.63) is 72.7 Å². The predicted octanol–water partition coefficient (Wildman–Crippen LogP) is 4.68. The van der Waals surface area contributed by atoms with Crippen LogP contribution < -0.4 is 11.1 Å². The molecule has 150 valence electrons. The first kappa shape index (κ1) is 19.7. The average molecular weight is 417 g/mol. The number of ether oxygens (including phenoxy) is 1. The largest absolute Gasteiger partial charge is 0.462 e. The number of benzene rings is 2. The maximum Gasteiger partial charge on any atom is 0.338 e. The van der Waals surface area contributed by atoms with Gasteiger partial charge in [0.25, 0.3) is 0 Å². The number of nitrogen functional groups attached to an aromatic ring is 1. The topological polar surface area (TPSA) is 103 Å². The standard InChI is InChI=1S/C22H19N5O2S/c1-2-29-22(28)15-7-3-9-16(12-15)27-20-18(23)21(26-13-25-20)30-17-10-4-6-14-8-5-11-24-19(14)17/h3-13H,2,23H2,1H3,(H,25,26,27). The summed E-state index contributed by atoms with van der Waals surface area (Å²) in [7, 11) is 0. The summed E-state index contributed by atoms with van der Waals surface area (Å²) < 4.78 is 5.05. The van der Waals surface area contributed by atoms with Gasteiger partial charge in [0.1, 0.15) is 17.0 Å². The Morgan fingerprint density at radius 3 is 2.80 bits per heavy atom. The first-order valence-electron chi connectivity index (χ1n) is 9.32. The van der Waals surface area contributed by atoms with Crippen molar-refractivity contribution >= 4 is 45.8 Å². The summed E-state index contributed by atoms with van der Waals surface area (Å²) in [5.41, 5.74) is 8.78. The molecule has 30 heavy (non-hydrogen) atoms. The van der Waals surface area contributed by atoms with E-state index >= 15 is 0 Å². The molecule has 0 saturated carbocycles. The summed E-state index contributed by atoms with van der Waals surface area (Å²) in [5, 5.41) is 4.82. The van der Waals surface area contributed by atoms with E-state index in [0.717, 1.165) is 15.8 Å². The van der Waals surface area contributed by atoms with Crippen molar-refractivity contribution in [3.8, 4) is 0 Å². The summed E-state index contributed by atoms with van der Waals surface area (Å²) in [5.74, 6) is 0.0817. The third-order valence-electron chi connectivity index (χ3n) is 4.29. The van der Waals surface area contributed by atoms with E-state index in [1.165, 1.54) is 18.1 Å². The van der Waals surface area contributed by atoms with Crippen LogP contribution in [0.15, 0.2) is 77.0 Å². The minimum Gasteiger partial charge on any atom is -0.462 e. The van der Waals surface area contributed by atoms with Crippen LogP contribution in [0, 0.1) is 0 Å². The lowest BCUT2D eigenvalue weighted by Gasteiger charge is -2.12. The number of nitrogens with zero attached hydrogens (tertiary/aromatic N) is 3. The fourth-order valence-corrected chi connectivity index (χ4v) is 3.83. The van der Waals surface area contributed by atoms with E-state index in [1.807, 2.05) is 36.4 Å². The zero-order chi connectivity index (χ0) is 20.9. The quantitative estimate of drug-likeness (QED) is 0.344. The molecule has 0 aliphatic rings. The second-order valence-electron chi connectivity index (χ2n) is 6.30. The zero-order valence-corrected chi connectivity index (χ0v) is 17.0. The Balaban J connectivity index is 1.61. The van der Waals surface area contributed by atoms with Gasteiger partial charge in [-0.3, -0.25) is 4.98 Å². The van der Waals surface area contributed by atoms with Gasteiger partial charge in [-0.05, 0) is 37.3 Å². The van der Waals surface area contributed by atoms with Gasteiger partial charge >= 0.3 is 5.97 Å². The van der Waals surface area contributed by atoms with Crippen LogP contribution >= 0.6 is 11.8 Å². The van der Waals surface area contributed by atoms with Crippen molar-refractivity contribution in [3.63, 3.8) is 0 Å². The molecule has 2 aromatic heterocycles. The summed E-state index contributed by atoms with van der Waals surface area (Å²) >= 11 is 1.43. The van der Waals surface area contributed by atoms with Gasteiger partial charge in [0, 0.05) is 22.2 Å². The van der Waals surface area contributed by atoms with Crippen LogP contribution in [0.3, 0.4) is 0 Å². The Bertz CT molecular complexity index is 1210. The Hall–Kier alpha value is -3.65. The second kappa shape index (κ2) is 8.79. The molecule has 8 heteroatoms. The number of para-hydroxylation sites is 1. The number of rotatable bonds is 6. The van der Waals surface area contributed by atoms with Crippen LogP contribution in [0.1, 0.15) is 17.3 Å². The number of carbonyl (C=O) groups excluding carboxylic acids is 1. The molecular formula is C22H19N5O2S. The molecule has 0 fully saturated rings. The summed E-state index contributed by atoms with van der Waals surface area (Å²) in [6.07, 6.45) is 3.22. The molecule has 2 heterocycles. The summed E-state index contributed by atoms with van der Waals surface area (Å²) in [4.78, 5) is 26.0. The van der Waals surface area contributed by atoms with Crippen molar-refractivity contribution in [1.29, 1.82) is 0 Å². The number of nitrogens with one attached hydrogen (secondary N) is 1. The predicted molar refractivity (Wildman–Crippen MR) is 118 cm³/mol. The highest BCUT2D eigenvalue weighted by molar-refractivity contribution is 7.99. The molecule has 4 aromatic rings. The summed E-state index contributed by atoms with van der Waals surface area (Å²) in [6.45, 7) is 2.09. The fraction of sp³-hybridized carbons (Fsp3) is 0.0909. The Labute approximate surface area is 177 Å². The molecule has 2 aromatic carbocycles. The molecule has 0 aliphatic heterocycles. The van der Waals surface area contributed by atoms with Crippen LogP contribution in [0.4, 0.5) is 17.2 Å². The van der Waals surface area contributed by atoms with E-state index in [0.29, 0.717) is 34.4 Å². The Kier molecular flexibility index (Phi) is 5.76. The molecule has 0 amide bonds. The van der Waals surface area contributed by atoms with Gasteiger partial charge in [-0.2, -0.15) is 0 Å². The highest BCUT2D eigenvalue weighted by atomic mass is 32.2. The molecule has 3 N–H and O–H groups in total. The first-order chi connectivity index (χ1) is 14.7. The minimum absolute atomic E-state index is 0.318. The van der Waals surface area contributed by atoms with E-state index < -0.39 is 0 Å². The number of carbonyl (C=O) groups is 1. The molecular weight excluding hydrogens is 398 g/mol. The van der Waals surface area contributed by atoms with Crippen molar-refractivity contribution in [2.45, 2.75) is 16.8 Å². The van der Waals surface area contributed by atoms with E-state index in [-0.39, 0.29) is 5.97 Å². The van der Waals surface area contributed by atoms with Crippen LogP contribution in [0.2, 0.25) is 0 Å². The summed E-state index contributed by atoms with van der Waals surface area (Å²) in [6, 6.07) is 16.9. The van der Waals surface area contributed by atoms with Crippen LogP contribution in [0.25, 0.3) is 10.9 Å². The Morgan fingerprint density at radius 1 is 1.10 bits per heavy atom. The normalized spacial score (nSPS) is 10.7. The van der Waals surface area contributed by atoms with Crippen molar-refractivity contribution in [2.75, 3.05) is 17.7 Å². The third-order valence-corrected chi connectivity index (χ3v) is 5.35. The fourth-order valence-electron chi connectivity index (χ4n) is 2.90. The number of aromatic nitrogens is 3. The average Bonchev–Trinajstić information content (AvgIpc) is 2.77. The first-order valence-corrected chi connectivity index (χ1v) is 10.1. The molecule has 4 rings (SSSR count). The van der Waals surface area contributed by atoms with E-state index in [2.05, 4.69) is 20.3 Å². The van der Waals surface area contributed by atoms with Gasteiger partial charge in [0.05, 0.1) is 17.7 Å². The van der Waals surface area contributed by atoms with Crippen LogP contribution in [0.5, 0.6) is 0 Å². The lowest BCUT2D eigenvalue weighted by molar-refractivity contribution is 0.0526.